The molecule has 0 bridgehead atoms. The summed E-state index contributed by atoms with van der Waals surface area (Å²) in [5.41, 5.74) is 1.16. The monoisotopic (exact) mass is 216 g/mol. The maximum absolute atomic E-state index is 9.92. The van der Waals surface area contributed by atoms with Crippen molar-refractivity contribution in [2.45, 2.75) is 12.2 Å². The molecule has 2 atom stereocenters. The Hall–Kier alpha value is -1.78. The van der Waals surface area contributed by atoms with Crippen LogP contribution in [0.15, 0.2) is 49.1 Å². The first-order valence-electron chi connectivity index (χ1n) is 4.95. The van der Waals surface area contributed by atoms with E-state index >= 15 is 0 Å². The minimum Gasteiger partial charge on any atom is -0.385 e. The Morgan fingerprint density at radius 2 is 1.25 bits per heavy atom. The molecule has 0 aromatic carbocycles. The van der Waals surface area contributed by atoms with Gasteiger partial charge in [0.2, 0.25) is 0 Å². The van der Waals surface area contributed by atoms with E-state index in [2.05, 4.69) is 9.97 Å². The molecule has 16 heavy (non-hydrogen) atoms. The number of pyridine rings is 2. The zero-order valence-corrected chi connectivity index (χ0v) is 8.56. The first-order chi connectivity index (χ1) is 7.79. The molecule has 0 saturated heterocycles. The third kappa shape index (κ3) is 2.24. The van der Waals surface area contributed by atoms with E-state index in [0.29, 0.717) is 11.1 Å². The Morgan fingerprint density at radius 1 is 0.812 bits per heavy atom. The van der Waals surface area contributed by atoms with E-state index in [4.69, 9.17) is 0 Å². The molecular weight excluding hydrogens is 204 g/mol. The summed E-state index contributed by atoms with van der Waals surface area (Å²) in [6.45, 7) is 0. The standard InChI is InChI=1S/C12H12N2O2/c15-11(9-3-1-5-13-7-9)12(16)10-4-2-6-14-8-10/h1-8,11-12,15-16H. The number of aliphatic hydroxyl groups is 2. The van der Waals surface area contributed by atoms with Crippen molar-refractivity contribution < 1.29 is 10.2 Å². The number of rotatable bonds is 3. The molecule has 2 aromatic heterocycles. The summed E-state index contributed by atoms with van der Waals surface area (Å²) in [5, 5.41) is 19.8. The number of hydrogen-bond acceptors (Lipinski definition) is 4. The molecule has 4 heteroatoms. The Morgan fingerprint density at radius 3 is 1.56 bits per heavy atom. The van der Waals surface area contributed by atoms with Crippen LogP contribution in [0.3, 0.4) is 0 Å². The number of aliphatic hydroxyl groups excluding tert-OH is 2. The van der Waals surface area contributed by atoms with E-state index in [1.807, 2.05) is 0 Å². The van der Waals surface area contributed by atoms with Crippen molar-refractivity contribution in [1.29, 1.82) is 0 Å². The van der Waals surface area contributed by atoms with E-state index in [-0.39, 0.29) is 0 Å². The molecule has 0 amide bonds. The van der Waals surface area contributed by atoms with E-state index in [1.54, 1.807) is 36.7 Å². The maximum Gasteiger partial charge on any atom is 0.111 e. The Balaban J connectivity index is 2.20. The van der Waals surface area contributed by atoms with Crippen molar-refractivity contribution in [3.8, 4) is 0 Å². The molecule has 0 fully saturated rings. The topological polar surface area (TPSA) is 66.2 Å². The first-order valence-corrected chi connectivity index (χ1v) is 4.95. The van der Waals surface area contributed by atoms with Gasteiger partial charge in [-0.1, -0.05) is 12.1 Å². The normalized spacial score (nSPS) is 14.4. The van der Waals surface area contributed by atoms with Crippen molar-refractivity contribution in [2.24, 2.45) is 0 Å². The second-order valence-electron chi connectivity index (χ2n) is 3.46. The molecule has 0 radical (unpaired) electrons. The number of hydrogen-bond donors (Lipinski definition) is 2. The summed E-state index contributed by atoms with van der Waals surface area (Å²) in [4.78, 5) is 7.79. The van der Waals surface area contributed by atoms with Crippen molar-refractivity contribution >= 4 is 0 Å². The van der Waals surface area contributed by atoms with Gasteiger partial charge in [-0.05, 0) is 12.1 Å². The second-order valence-corrected chi connectivity index (χ2v) is 3.46. The highest BCUT2D eigenvalue weighted by Gasteiger charge is 2.20. The van der Waals surface area contributed by atoms with E-state index in [0.717, 1.165) is 0 Å². The van der Waals surface area contributed by atoms with Gasteiger partial charge in [0, 0.05) is 35.9 Å². The summed E-state index contributed by atoms with van der Waals surface area (Å²) < 4.78 is 0. The largest absolute Gasteiger partial charge is 0.385 e. The summed E-state index contributed by atoms with van der Waals surface area (Å²) >= 11 is 0. The summed E-state index contributed by atoms with van der Waals surface area (Å²) in [5.74, 6) is 0. The molecule has 4 nitrogen and oxygen atoms in total. The molecule has 82 valence electrons. The summed E-state index contributed by atoms with van der Waals surface area (Å²) in [6.07, 6.45) is 4.32. The molecule has 2 aromatic rings. The van der Waals surface area contributed by atoms with Gasteiger partial charge in [-0.15, -0.1) is 0 Å². The molecule has 0 aliphatic rings. The minimum absolute atomic E-state index is 0.582. The van der Waals surface area contributed by atoms with Crippen molar-refractivity contribution in [3.63, 3.8) is 0 Å². The molecule has 0 aliphatic heterocycles. The van der Waals surface area contributed by atoms with Crippen LogP contribution in [0.25, 0.3) is 0 Å². The predicted octanol–water partition coefficient (Wildman–Crippen LogP) is 1.24. The van der Waals surface area contributed by atoms with Crippen LogP contribution in [-0.2, 0) is 0 Å². The Kier molecular flexibility index (Phi) is 3.24. The van der Waals surface area contributed by atoms with Gasteiger partial charge >= 0.3 is 0 Å². The molecule has 2 N–H and O–H groups in total. The lowest BCUT2D eigenvalue weighted by molar-refractivity contribution is 0.0168. The molecule has 2 rings (SSSR count). The van der Waals surface area contributed by atoms with Gasteiger partial charge in [0.15, 0.2) is 0 Å². The van der Waals surface area contributed by atoms with E-state index in [9.17, 15) is 10.2 Å². The van der Waals surface area contributed by atoms with Crippen molar-refractivity contribution in [3.05, 3.63) is 60.2 Å². The van der Waals surface area contributed by atoms with Crippen LogP contribution in [0.1, 0.15) is 23.3 Å². The second kappa shape index (κ2) is 4.83. The summed E-state index contributed by atoms with van der Waals surface area (Å²) in [6, 6.07) is 6.87. The van der Waals surface area contributed by atoms with Gasteiger partial charge in [0.1, 0.15) is 12.2 Å². The molecular formula is C12H12N2O2. The lowest BCUT2D eigenvalue weighted by Crippen LogP contribution is -2.10. The first kappa shape index (κ1) is 10.7. The fraction of sp³-hybridized carbons (Fsp3) is 0.167. The summed E-state index contributed by atoms with van der Waals surface area (Å²) in [7, 11) is 0. The third-order valence-electron chi connectivity index (χ3n) is 2.35. The van der Waals surface area contributed by atoms with Crippen LogP contribution >= 0.6 is 0 Å². The average Bonchev–Trinajstić information content (AvgIpc) is 2.39. The third-order valence-corrected chi connectivity index (χ3v) is 2.35. The van der Waals surface area contributed by atoms with Gasteiger partial charge in [-0.2, -0.15) is 0 Å². The smallest absolute Gasteiger partial charge is 0.111 e. The molecule has 0 aliphatic carbocycles. The maximum atomic E-state index is 9.92. The van der Waals surface area contributed by atoms with Gasteiger partial charge in [0.25, 0.3) is 0 Å². The van der Waals surface area contributed by atoms with Crippen LogP contribution in [-0.4, -0.2) is 20.2 Å². The lowest BCUT2D eigenvalue weighted by Gasteiger charge is -2.17. The van der Waals surface area contributed by atoms with Gasteiger partial charge in [0.05, 0.1) is 0 Å². The Bertz CT molecular complexity index is 390. The van der Waals surface area contributed by atoms with Gasteiger partial charge in [-0.3, -0.25) is 9.97 Å². The highest BCUT2D eigenvalue weighted by Crippen LogP contribution is 2.27. The Labute approximate surface area is 93.2 Å². The van der Waals surface area contributed by atoms with Gasteiger partial charge in [-0.25, -0.2) is 0 Å². The van der Waals surface area contributed by atoms with Crippen LogP contribution in [0.5, 0.6) is 0 Å². The molecule has 0 spiro atoms. The average molecular weight is 216 g/mol. The lowest BCUT2D eigenvalue weighted by atomic mass is 10.0. The van der Waals surface area contributed by atoms with Gasteiger partial charge < -0.3 is 10.2 Å². The van der Waals surface area contributed by atoms with E-state index < -0.39 is 12.2 Å². The van der Waals surface area contributed by atoms with Crippen LogP contribution < -0.4 is 0 Å². The van der Waals surface area contributed by atoms with Crippen molar-refractivity contribution in [1.82, 2.24) is 9.97 Å². The quantitative estimate of drug-likeness (QED) is 0.810. The van der Waals surface area contributed by atoms with Crippen LogP contribution in [0.4, 0.5) is 0 Å². The fourth-order valence-electron chi connectivity index (χ4n) is 1.47. The molecule has 2 unspecified atom stereocenters. The SMILES string of the molecule is OC(c1cccnc1)C(O)c1cccnc1. The van der Waals surface area contributed by atoms with Crippen molar-refractivity contribution in [2.75, 3.05) is 0 Å². The van der Waals surface area contributed by atoms with Crippen LogP contribution in [0, 0.1) is 0 Å². The highest BCUT2D eigenvalue weighted by atomic mass is 16.3. The minimum atomic E-state index is -0.988. The van der Waals surface area contributed by atoms with Crippen LogP contribution in [0.2, 0.25) is 0 Å². The number of nitrogens with zero attached hydrogens (tertiary/aromatic N) is 2. The predicted molar refractivity (Wildman–Crippen MR) is 58.4 cm³/mol. The zero-order valence-electron chi connectivity index (χ0n) is 8.56. The van der Waals surface area contributed by atoms with E-state index in [1.165, 1.54) is 12.4 Å². The molecule has 2 heterocycles. The fourth-order valence-corrected chi connectivity index (χ4v) is 1.47. The molecule has 0 saturated carbocycles. The highest BCUT2D eigenvalue weighted by molar-refractivity contribution is 5.20. The number of aromatic nitrogens is 2. The zero-order chi connectivity index (χ0) is 11.4.